The molecule has 5 nitrogen and oxygen atoms in total. The topological polar surface area (TPSA) is 54.2 Å². The van der Waals surface area contributed by atoms with Crippen molar-refractivity contribution in [2.24, 2.45) is 7.05 Å². The Kier molecular flexibility index (Phi) is 1.98. The van der Waals surface area contributed by atoms with Crippen LogP contribution in [0.1, 0.15) is 5.69 Å². The van der Waals surface area contributed by atoms with E-state index in [1.165, 1.54) is 0 Å². The molecular weight excluding hydrogens is 132 g/mol. The largest absolute Gasteiger partial charge is 0.314 e. The van der Waals surface area contributed by atoms with E-state index in [-0.39, 0.29) is 0 Å². The molecule has 1 aromatic rings. The molecule has 0 amide bonds. The van der Waals surface area contributed by atoms with E-state index in [1.807, 2.05) is 0 Å². The van der Waals surface area contributed by atoms with Crippen LogP contribution in [0.3, 0.4) is 0 Å². The Morgan fingerprint density at radius 2 is 2.50 bits per heavy atom. The lowest BCUT2D eigenvalue weighted by Gasteiger charge is -2.02. The Morgan fingerprint density at radius 1 is 1.80 bits per heavy atom. The molecule has 0 unspecified atom stereocenters. The lowest BCUT2D eigenvalue weighted by molar-refractivity contribution is -0.0740. The van der Waals surface area contributed by atoms with Crippen molar-refractivity contribution < 1.29 is 5.21 Å². The van der Waals surface area contributed by atoms with Gasteiger partial charge in [0.25, 0.3) is 0 Å². The summed E-state index contributed by atoms with van der Waals surface area (Å²) in [5.41, 5.74) is 0.757. The molecule has 10 heavy (non-hydrogen) atoms. The maximum Gasteiger partial charge on any atom is 0.0991 e. The van der Waals surface area contributed by atoms with Crippen LogP contribution in [0.4, 0.5) is 0 Å². The highest BCUT2D eigenvalue weighted by molar-refractivity contribution is 4.89. The normalized spacial score (nSPS) is 10.8. The Labute approximate surface area is 58.8 Å². The van der Waals surface area contributed by atoms with Crippen LogP contribution in [0.25, 0.3) is 0 Å². The van der Waals surface area contributed by atoms with E-state index in [0.717, 1.165) is 10.8 Å². The molecule has 56 valence electrons. The lowest BCUT2D eigenvalue weighted by atomic mass is 10.5. The Balaban J connectivity index is 2.58. The molecule has 0 radical (unpaired) electrons. The van der Waals surface area contributed by atoms with Gasteiger partial charge in [0, 0.05) is 20.3 Å². The molecule has 0 saturated heterocycles. The van der Waals surface area contributed by atoms with Crippen LogP contribution in [0.2, 0.25) is 0 Å². The Bertz CT molecular complexity index is 207. The third-order valence-corrected chi connectivity index (χ3v) is 1.04. The van der Waals surface area contributed by atoms with Crippen molar-refractivity contribution in [1.82, 2.24) is 20.1 Å². The number of hydroxylamine groups is 2. The molecule has 0 aromatic carbocycles. The minimum atomic E-state index is 0.411. The smallest absolute Gasteiger partial charge is 0.0991 e. The number of hydrogen-bond acceptors (Lipinski definition) is 4. The van der Waals surface area contributed by atoms with Gasteiger partial charge in [-0.25, -0.2) is 0 Å². The Hall–Kier alpha value is -0.940. The molecule has 5 heteroatoms. The van der Waals surface area contributed by atoms with Crippen LogP contribution < -0.4 is 0 Å². The van der Waals surface area contributed by atoms with E-state index >= 15 is 0 Å². The first kappa shape index (κ1) is 7.17. The molecular formula is C5H10N4O. The molecule has 1 rings (SSSR count). The van der Waals surface area contributed by atoms with E-state index in [0.29, 0.717) is 6.54 Å². The van der Waals surface area contributed by atoms with Crippen LogP contribution in [0.5, 0.6) is 0 Å². The van der Waals surface area contributed by atoms with Gasteiger partial charge < -0.3 is 5.21 Å². The van der Waals surface area contributed by atoms with Crippen LogP contribution >= 0.6 is 0 Å². The number of hydrogen-bond donors (Lipinski definition) is 1. The van der Waals surface area contributed by atoms with Crippen LogP contribution in [-0.2, 0) is 13.6 Å². The van der Waals surface area contributed by atoms with Crippen molar-refractivity contribution in [2.45, 2.75) is 6.54 Å². The second-order valence-corrected chi connectivity index (χ2v) is 2.20. The van der Waals surface area contributed by atoms with Crippen molar-refractivity contribution in [3.63, 3.8) is 0 Å². The highest BCUT2D eigenvalue weighted by atomic mass is 16.5. The molecule has 1 N–H and O–H groups in total. The predicted octanol–water partition coefficient (Wildman–Crippen LogP) is -0.364. The van der Waals surface area contributed by atoms with Gasteiger partial charge in [-0.15, -0.1) is 5.10 Å². The van der Waals surface area contributed by atoms with E-state index in [2.05, 4.69) is 10.3 Å². The predicted molar refractivity (Wildman–Crippen MR) is 34.3 cm³/mol. The number of aromatic nitrogens is 3. The summed E-state index contributed by atoms with van der Waals surface area (Å²) in [6.45, 7) is 0.411. The van der Waals surface area contributed by atoms with E-state index < -0.39 is 0 Å². The summed E-state index contributed by atoms with van der Waals surface area (Å²) >= 11 is 0. The van der Waals surface area contributed by atoms with E-state index in [1.54, 1.807) is 25.0 Å². The number of aryl methyl sites for hydroxylation is 1. The van der Waals surface area contributed by atoms with Gasteiger partial charge in [-0.05, 0) is 0 Å². The fourth-order valence-corrected chi connectivity index (χ4v) is 0.702. The van der Waals surface area contributed by atoms with Gasteiger partial charge in [-0.3, -0.25) is 4.68 Å². The maximum atomic E-state index is 8.77. The second-order valence-electron chi connectivity index (χ2n) is 2.20. The average Bonchev–Trinajstić information content (AvgIpc) is 2.13. The molecule has 0 aliphatic carbocycles. The third-order valence-electron chi connectivity index (χ3n) is 1.04. The zero-order valence-corrected chi connectivity index (χ0v) is 6.02. The fraction of sp³-hybridized carbons (Fsp3) is 0.600. The Morgan fingerprint density at radius 3 is 2.90 bits per heavy atom. The highest BCUT2D eigenvalue weighted by Gasteiger charge is 1.98. The van der Waals surface area contributed by atoms with Crippen molar-refractivity contribution in [3.8, 4) is 0 Å². The van der Waals surface area contributed by atoms with Crippen LogP contribution in [-0.4, -0.2) is 32.3 Å². The molecule has 0 bridgehead atoms. The first-order valence-electron chi connectivity index (χ1n) is 2.93. The monoisotopic (exact) mass is 142 g/mol. The molecule has 0 saturated carbocycles. The summed E-state index contributed by atoms with van der Waals surface area (Å²) in [5.74, 6) is 0. The van der Waals surface area contributed by atoms with Crippen molar-refractivity contribution in [2.75, 3.05) is 7.05 Å². The van der Waals surface area contributed by atoms with Gasteiger partial charge in [0.2, 0.25) is 0 Å². The van der Waals surface area contributed by atoms with Gasteiger partial charge in [0.05, 0.1) is 12.2 Å². The zero-order chi connectivity index (χ0) is 7.56. The van der Waals surface area contributed by atoms with Gasteiger partial charge >= 0.3 is 0 Å². The van der Waals surface area contributed by atoms with Crippen LogP contribution in [0, 0.1) is 0 Å². The maximum absolute atomic E-state index is 8.77. The van der Waals surface area contributed by atoms with Gasteiger partial charge in [-0.2, -0.15) is 5.06 Å². The lowest BCUT2D eigenvalue weighted by Crippen LogP contribution is -2.11. The first-order chi connectivity index (χ1) is 4.68. The molecule has 0 spiro atoms. The van der Waals surface area contributed by atoms with E-state index in [4.69, 9.17) is 5.21 Å². The standard InChI is InChI=1S/C5H10N4O/c1-8-3-5(6-7-8)4-9(2)10/h3,10H,4H2,1-2H3. The summed E-state index contributed by atoms with van der Waals surface area (Å²) in [5, 5.41) is 17.3. The minimum Gasteiger partial charge on any atom is -0.314 e. The summed E-state index contributed by atoms with van der Waals surface area (Å²) in [6, 6.07) is 0. The number of rotatable bonds is 2. The van der Waals surface area contributed by atoms with Crippen molar-refractivity contribution >= 4 is 0 Å². The first-order valence-corrected chi connectivity index (χ1v) is 2.93. The van der Waals surface area contributed by atoms with Crippen molar-refractivity contribution in [1.29, 1.82) is 0 Å². The third kappa shape index (κ3) is 1.78. The van der Waals surface area contributed by atoms with Crippen LogP contribution in [0.15, 0.2) is 6.20 Å². The summed E-state index contributed by atoms with van der Waals surface area (Å²) < 4.78 is 1.60. The molecule has 0 aliphatic rings. The quantitative estimate of drug-likeness (QED) is 0.573. The average molecular weight is 142 g/mol. The zero-order valence-electron chi connectivity index (χ0n) is 6.02. The molecule has 1 heterocycles. The van der Waals surface area contributed by atoms with E-state index in [9.17, 15) is 0 Å². The summed E-state index contributed by atoms with van der Waals surface area (Å²) in [6.07, 6.45) is 1.76. The summed E-state index contributed by atoms with van der Waals surface area (Å²) in [4.78, 5) is 0. The van der Waals surface area contributed by atoms with Gasteiger partial charge in [0.15, 0.2) is 0 Å². The SMILES string of the molecule is CN(O)Cc1cn(C)nn1. The highest BCUT2D eigenvalue weighted by Crippen LogP contribution is 1.93. The van der Waals surface area contributed by atoms with Gasteiger partial charge in [-0.1, -0.05) is 5.21 Å². The fourth-order valence-electron chi connectivity index (χ4n) is 0.702. The second kappa shape index (κ2) is 2.76. The number of nitrogens with zero attached hydrogens (tertiary/aromatic N) is 4. The molecule has 0 fully saturated rings. The molecule has 0 atom stereocenters. The van der Waals surface area contributed by atoms with Gasteiger partial charge in [0.1, 0.15) is 0 Å². The minimum absolute atomic E-state index is 0.411. The molecule has 0 aliphatic heterocycles. The summed E-state index contributed by atoms with van der Waals surface area (Å²) in [7, 11) is 3.35. The molecule has 1 aromatic heterocycles. The van der Waals surface area contributed by atoms with Crippen molar-refractivity contribution in [3.05, 3.63) is 11.9 Å².